The second-order valence-electron chi connectivity index (χ2n) is 5.36. The molecule has 122 valence electrons. The zero-order chi connectivity index (χ0) is 17.0. The predicted octanol–water partition coefficient (Wildman–Crippen LogP) is 4.29. The SMILES string of the molecule is COc1cc(Cl)c(C)cc1NC(=O)COc1c(C)cccc1C. The molecule has 2 aromatic carbocycles. The van der Waals surface area contributed by atoms with E-state index in [0.29, 0.717) is 16.5 Å². The van der Waals surface area contributed by atoms with Crippen LogP contribution in [0.5, 0.6) is 11.5 Å². The molecule has 0 unspecified atom stereocenters. The molecule has 2 rings (SSSR count). The molecule has 23 heavy (non-hydrogen) atoms. The van der Waals surface area contributed by atoms with E-state index < -0.39 is 0 Å². The van der Waals surface area contributed by atoms with Gasteiger partial charge in [0, 0.05) is 11.1 Å². The molecule has 4 nitrogen and oxygen atoms in total. The van der Waals surface area contributed by atoms with Crippen molar-refractivity contribution in [3.63, 3.8) is 0 Å². The quantitative estimate of drug-likeness (QED) is 0.887. The van der Waals surface area contributed by atoms with Crippen LogP contribution in [0, 0.1) is 20.8 Å². The summed E-state index contributed by atoms with van der Waals surface area (Å²) in [6.45, 7) is 5.69. The van der Waals surface area contributed by atoms with Crippen molar-refractivity contribution in [1.29, 1.82) is 0 Å². The van der Waals surface area contributed by atoms with Crippen LogP contribution in [0.4, 0.5) is 5.69 Å². The largest absolute Gasteiger partial charge is 0.495 e. The van der Waals surface area contributed by atoms with Gasteiger partial charge >= 0.3 is 0 Å². The van der Waals surface area contributed by atoms with Crippen molar-refractivity contribution in [2.24, 2.45) is 0 Å². The molecule has 5 heteroatoms. The Morgan fingerprint density at radius 1 is 1.13 bits per heavy atom. The highest BCUT2D eigenvalue weighted by Crippen LogP contribution is 2.31. The molecule has 0 aliphatic carbocycles. The van der Waals surface area contributed by atoms with Gasteiger partial charge in [-0.1, -0.05) is 29.8 Å². The number of aryl methyl sites for hydroxylation is 3. The smallest absolute Gasteiger partial charge is 0.262 e. The summed E-state index contributed by atoms with van der Waals surface area (Å²) < 4.78 is 10.9. The molecule has 0 spiro atoms. The van der Waals surface area contributed by atoms with E-state index in [2.05, 4.69) is 5.32 Å². The third-order valence-electron chi connectivity index (χ3n) is 3.51. The summed E-state index contributed by atoms with van der Waals surface area (Å²) in [6, 6.07) is 9.31. The number of amides is 1. The van der Waals surface area contributed by atoms with Gasteiger partial charge in [0.25, 0.3) is 5.91 Å². The van der Waals surface area contributed by atoms with E-state index in [0.717, 1.165) is 22.4 Å². The Labute approximate surface area is 141 Å². The average Bonchev–Trinajstić information content (AvgIpc) is 2.50. The molecule has 0 aliphatic rings. The molecule has 0 saturated carbocycles. The van der Waals surface area contributed by atoms with E-state index in [1.54, 1.807) is 12.1 Å². The van der Waals surface area contributed by atoms with Crippen molar-refractivity contribution in [2.45, 2.75) is 20.8 Å². The van der Waals surface area contributed by atoms with E-state index in [1.807, 2.05) is 39.0 Å². The second kappa shape index (κ2) is 7.38. The van der Waals surface area contributed by atoms with Gasteiger partial charge in [0.2, 0.25) is 0 Å². The van der Waals surface area contributed by atoms with Gasteiger partial charge in [-0.3, -0.25) is 4.79 Å². The summed E-state index contributed by atoms with van der Waals surface area (Å²) in [6.07, 6.45) is 0. The van der Waals surface area contributed by atoms with Crippen LogP contribution in [0.2, 0.25) is 5.02 Å². The number of halogens is 1. The zero-order valence-corrected chi connectivity index (χ0v) is 14.5. The minimum absolute atomic E-state index is 0.0729. The minimum Gasteiger partial charge on any atom is -0.495 e. The normalized spacial score (nSPS) is 10.3. The molecular weight excluding hydrogens is 314 g/mol. The third-order valence-corrected chi connectivity index (χ3v) is 3.92. The van der Waals surface area contributed by atoms with Crippen LogP contribution < -0.4 is 14.8 Å². The maximum atomic E-state index is 12.1. The highest BCUT2D eigenvalue weighted by Gasteiger charge is 2.12. The van der Waals surface area contributed by atoms with Crippen molar-refractivity contribution in [1.82, 2.24) is 0 Å². The number of hydrogen-bond donors (Lipinski definition) is 1. The Bertz CT molecular complexity index is 708. The fraction of sp³-hybridized carbons (Fsp3) is 0.278. The first-order valence-corrected chi connectivity index (χ1v) is 7.63. The van der Waals surface area contributed by atoms with E-state index in [1.165, 1.54) is 7.11 Å². The molecule has 0 fully saturated rings. The molecule has 1 amide bonds. The van der Waals surface area contributed by atoms with Crippen LogP contribution in [-0.2, 0) is 4.79 Å². The summed E-state index contributed by atoms with van der Waals surface area (Å²) >= 11 is 6.06. The summed E-state index contributed by atoms with van der Waals surface area (Å²) in [4.78, 5) is 12.1. The van der Waals surface area contributed by atoms with Crippen LogP contribution in [0.1, 0.15) is 16.7 Å². The molecule has 0 heterocycles. The molecule has 2 aromatic rings. The average molecular weight is 334 g/mol. The predicted molar refractivity (Wildman–Crippen MR) is 92.8 cm³/mol. The Kier molecular flexibility index (Phi) is 5.50. The van der Waals surface area contributed by atoms with Crippen molar-refractivity contribution < 1.29 is 14.3 Å². The van der Waals surface area contributed by atoms with Crippen molar-refractivity contribution >= 4 is 23.2 Å². The van der Waals surface area contributed by atoms with E-state index in [4.69, 9.17) is 21.1 Å². The van der Waals surface area contributed by atoms with Crippen LogP contribution >= 0.6 is 11.6 Å². The third kappa shape index (κ3) is 4.17. The Morgan fingerprint density at radius 3 is 2.39 bits per heavy atom. The highest BCUT2D eigenvalue weighted by molar-refractivity contribution is 6.31. The Balaban J connectivity index is 2.07. The number of para-hydroxylation sites is 1. The van der Waals surface area contributed by atoms with Crippen LogP contribution in [-0.4, -0.2) is 19.6 Å². The second-order valence-corrected chi connectivity index (χ2v) is 5.77. The van der Waals surface area contributed by atoms with Gasteiger partial charge < -0.3 is 14.8 Å². The van der Waals surface area contributed by atoms with E-state index in [-0.39, 0.29) is 12.5 Å². The standard InChI is InChI=1S/C18H20ClNO3/c1-11-6-5-7-12(2)18(11)23-10-17(21)20-15-8-13(3)14(19)9-16(15)22-4/h5-9H,10H2,1-4H3,(H,20,21). The number of carbonyl (C=O) groups is 1. The summed E-state index contributed by atoms with van der Waals surface area (Å²) in [5.74, 6) is 0.996. The highest BCUT2D eigenvalue weighted by atomic mass is 35.5. The molecule has 0 bridgehead atoms. The van der Waals surface area contributed by atoms with Crippen molar-refractivity contribution in [2.75, 3.05) is 19.0 Å². The monoisotopic (exact) mass is 333 g/mol. The van der Waals surface area contributed by atoms with Gasteiger partial charge in [-0.15, -0.1) is 0 Å². The topological polar surface area (TPSA) is 47.6 Å². The lowest BCUT2D eigenvalue weighted by Gasteiger charge is -2.14. The fourth-order valence-electron chi connectivity index (χ4n) is 2.28. The Hall–Kier alpha value is -2.20. The number of carbonyl (C=O) groups excluding carboxylic acids is 1. The fourth-order valence-corrected chi connectivity index (χ4v) is 2.43. The lowest BCUT2D eigenvalue weighted by Crippen LogP contribution is -2.21. The Morgan fingerprint density at radius 2 is 1.78 bits per heavy atom. The van der Waals surface area contributed by atoms with Crippen LogP contribution in [0.3, 0.4) is 0 Å². The van der Waals surface area contributed by atoms with Crippen molar-refractivity contribution in [3.05, 3.63) is 52.0 Å². The number of methoxy groups -OCH3 is 1. The zero-order valence-electron chi connectivity index (χ0n) is 13.7. The van der Waals surface area contributed by atoms with Crippen LogP contribution in [0.25, 0.3) is 0 Å². The number of rotatable bonds is 5. The molecule has 0 aliphatic heterocycles. The van der Waals surface area contributed by atoms with Gasteiger partial charge in [0.1, 0.15) is 11.5 Å². The number of nitrogens with one attached hydrogen (secondary N) is 1. The minimum atomic E-state index is -0.257. The van der Waals surface area contributed by atoms with E-state index in [9.17, 15) is 4.79 Å². The first-order valence-electron chi connectivity index (χ1n) is 7.25. The number of anilines is 1. The molecule has 0 radical (unpaired) electrons. The number of ether oxygens (including phenoxy) is 2. The summed E-state index contributed by atoms with van der Waals surface area (Å²) in [7, 11) is 1.53. The number of benzene rings is 2. The molecule has 0 aromatic heterocycles. The lowest BCUT2D eigenvalue weighted by atomic mass is 10.1. The molecule has 1 N–H and O–H groups in total. The summed E-state index contributed by atoms with van der Waals surface area (Å²) in [5.41, 5.74) is 3.43. The number of hydrogen-bond acceptors (Lipinski definition) is 3. The van der Waals surface area contributed by atoms with E-state index >= 15 is 0 Å². The van der Waals surface area contributed by atoms with Gasteiger partial charge in [0.15, 0.2) is 6.61 Å². The molecular formula is C18H20ClNO3. The molecule has 0 saturated heterocycles. The lowest BCUT2D eigenvalue weighted by molar-refractivity contribution is -0.118. The van der Waals surface area contributed by atoms with Gasteiger partial charge in [-0.2, -0.15) is 0 Å². The van der Waals surface area contributed by atoms with Crippen LogP contribution in [0.15, 0.2) is 30.3 Å². The van der Waals surface area contributed by atoms with Gasteiger partial charge in [0.05, 0.1) is 12.8 Å². The first-order chi connectivity index (χ1) is 10.9. The van der Waals surface area contributed by atoms with Gasteiger partial charge in [-0.05, 0) is 43.5 Å². The van der Waals surface area contributed by atoms with Crippen molar-refractivity contribution in [3.8, 4) is 11.5 Å². The first kappa shape index (κ1) is 17.2. The summed E-state index contributed by atoms with van der Waals surface area (Å²) in [5, 5.41) is 3.38. The maximum Gasteiger partial charge on any atom is 0.262 e. The maximum absolute atomic E-state index is 12.1. The van der Waals surface area contributed by atoms with Gasteiger partial charge in [-0.25, -0.2) is 0 Å². The molecule has 0 atom stereocenters.